The molecule has 108 valence electrons. The SMILES string of the molecule is C[C@H](NC(=O)Nc1ccc2c(c1)OCO2)c1ccccc1. The molecule has 0 spiro atoms. The van der Waals surface area contributed by atoms with E-state index in [0.717, 1.165) is 5.56 Å². The quantitative estimate of drug-likeness (QED) is 0.909. The Bertz CT molecular complexity index is 643. The molecule has 1 aliphatic rings. The Labute approximate surface area is 122 Å². The predicted molar refractivity (Wildman–Crippen MR) is 79.6 cm³/mol. The molecule has 1 heterocycles. The number of anilines is 1. The van der Waals surface area contributed by atoms with Crippen LogP contribution in [0.5, 0.6) is 11.5 Å². The van der Waals surface area contributed by atoms with Crippen molar-refractivity contribution in [2.45, 2.75) is 13.0 Å². The molecular formula is C16H16N2O3. The van der Waals surface area contributed by atoms with Crippen molar-refractivity contribution in [3.8, 4) is 11.5 Å². The average molecular weight is 284 g/mol. The zero-order chi connectivity index (χ0) is 14.7. The number of rotatable bonds is 3. The number of urea groups is 1. The van der Waals surface area contributed by atoms with Crippen LogP contribution in [-0.2, 0) is 0 Å². The summed E-state index contributed by atoms with van der Waals surface area (Å²) in [5, 5.41) is 5.68. The number of hydrogen-bond donors (Lipinski definition) is 2. The van der Waals surface area contributed by atoms with Crippen LogP contribution in [0.1, 0.15) is 18.5 Å². The predicted octanol–water partition coefficient (Wildman–Crippen LogP) is 3.30. The van der Waals surface area contributed by atoms with Crippen molar-refractivity contribution in [3.05, 3.63) is 54.1 Å². The normalized spacial score (nSPS) is 13.6. The molecular weight excluding hydrogens is 268 g/mol. The van der Waals surface area contributed by atoms with E-state index in [9.17, 15) is 4.79 Å². The Balaban J connectivity index is 1.61. The Hall–Kier alpha value is -2.69. The molecule has 1 aliphatic heterocycles. The smallest absolute Gasteiger partial charge is 0.319 e. The monoisotopic (exact) mass is 284 g/mol. The largest absolute Gasteiger partial charge is 0.454 e. The third kappa shape index (κ3) is 3.08. The van der Waals surface area contributed by atoms with Crippen LogP contribution in [0.4, 0.5) is 10.5 Å². The lowest BCUT2D eigenvalue weighted by Crippen LogP contribution is -2.31. The van der Waals surface area contributed by atoms with Gasteiger partial charge in [0.2, 0.25) is 6.79 Å². The van der Waals surface area contributed by atoms with Crippen molar-refractivity contribution < 1.29 is 14.3 Å². The van der Waals surface area contributed by atoms with Crippen molar-refractivity contribution in [3.63, 3.8) is 0 Å². The first-order chi connectivity index (χ1) is 10.2. The van der Waals surface area contributed by atoms with Crippen molar-refractivity contribution in [2.24, 2.45) is 0 Å². The van der Waals surface area contributed by atoms with Crippen LogP contribution >= 0.6 is 0 Å². The Kier molecular flexibility index (Phi) is 3.64. The van der Waals surface area contributed by atoms with Gasteiger partial charge in [0.1, 0.15) is 0 Å². The van der Waals surface area contributed by atoms with Crippen molar-refractivity contribution >= 4 is 11.7 Å². The van der Waals surface area contributed by atoms with Gasteiger partial charge in [0.05, 0.1) is 6.04 Å². The van der Waals surface area contributed by atoms with Crippen LogP contribution in [0.2, 0.25) is 0 Å². The molecule has 3 rings (SSSR count). The highest BCUT2D eigenvalue weighted by Crippen LogP contribution is 2.34. The molecule has 0 fully saturated rings. The second kappa shape index (κ2) is 5.75. The summed E-state index contributed by atoms with van der Waals surface area (Å²) in [6.07, 6.45) is 0. The number of fused-ring (bicyclic) bond motifs is 1. The van der Waals surface area contributed by atoms with Crippen molar-refractivity contribution in [2.75, 3.05) is 12.1 Å². The van der Waals surface area contributed by atoms with Crippen molar-refractivity contribution in [1.29, 1.82) is 0 Å². The summed E-state index contributed by atoms with van der Waals surface area (Å²) in [6.45, 7) is 2.16. The lowest BCUT2D eigenvalue weighted by atomic mass is 10.1. The summed E-state index contributed by atoms with van der Waals surface area (Å²) in [7, 11) is 0. The van der Waals surface area contributed by atoms with Crippen LogP contribution in [0.3, 0.4) is 0 Å². The first-order valence-corrected chi connectivity index (χ1v) is 6.74. The number of nitrogens with one attached hydrogen (secondary N) is 2. The third-order valence-electron chi connectivity index (χ3n) is 3.28. The first kappa shape index (κ1) is 13.3. The molecule has 0 bridgehead atoms. The minimum atomic E-state index is -0.259. The lowest BCUT2D eigenvalue weighted by molar-refractivity contribution is 0.174. The van der Waals surface area contributed by atoms with E-state index in [-0.39, 0.29) is 18.9 Å². The molecule has 21 heavy (non-hydrogen) atoms. The van der Waals surface area contributed by atoms with Crippen LogP contribution < -0.4 is 20.1 Å². The van der Waals surface area contributed by atoms with Gasteiger partial charge in [-0.3, -0.25) is 0 Å². The van der Waals surface area contributed by atoms with Gasteiger partial charge >= 0.3 is 6.03 Å². The minimum Gasteiger partial charge on any atom is -0.454 e. The van der Waals surface area contributed by atoms with Crippen LogP contribution in [-0.4, -0.2) is 12.8 Å². The molecule has 0 aromatic heterocycles. The number of hydrogen-bond acceptors (Lipinski definition) is 3. The van der Waals surface area contributed by atoms with E-state index in [1.165, 1.54) is 0 Å². The van der Waals surface area contributed by atoms with Crippen LogP contribution in [0, 0.1) is 0 Å². The van der Waals surface area contributed by atoms with Gasteiger partial charge in [0, 0.05) is 11.8 Å². The topological polar surface area (TPSA) is 59.6 Å². The van der Waals surface area contributed by atoms with Gasteiger partial charge in [-0.05, 0) is 24.6 Å². The first-order valence-electron chi connectivity index (χ1n) is 6.74. The third-order valence-corrected chi connectivity index (χ3v) is 3.28. The van der Waals surface area contributed by atoms with E-state index >= 15 is 0 Å². The molecule has 0 radical (unpaired) electrons. The number of carbonyl (C=O) groups excluding carboxylic acids is 1. The molecule has 5 heteroatoms. The van der Waals surface area contributed by atoms with E-state index < -0.39 is 0 Å². The fourth-order valence-electron chi connectivity index (χ4n) is 2.16. The van der Waals surface area contributed by atoms with E-state index in [4.69, 9.17) is 9.47 Å². The van der Waals surface area contributed by atoms with Gasteiger partial charge in [-0.25, -0.2) is 4.79 Å². The van der Waals surface area contributed by atoms with Gasteiger partial charge in [-0.2, -0.15) is 0 Å². The number of carbonyl (C=O) groups is 1. The second-order valence-corrected chi connectivity index (χ2v) is 4.80. The van der Waals surface area contributed by atoms with Gasteiger partial charge in [0.15, 0.2) is 11.5 Å². The molecule has 0 saturated carbocycles. The summed E-state index contributed by atoms with van der Waals surface area (Å²) in [5.41, 5.74) is 1.72. The van der Waals surface area contributed by atoms with Gasteiger partial charge in [0.25, 0.3) is 0 Å². The zero-order valence-corrected chi connectivity index (χ0v) is 11.6. The maximum absolute atomic E-state index is 12.0. The fourth-order valence-corrected chi connectivity index (χ4v) is 2.16. The van der Waals surface area contributed by atoms with Crippen LogP contribution in [0.15, 0.2) is 48.5 Å². The molecule has 0 unspecified atom stereocenters. The Morgan fingerprint density at radius 2 is 1.86 bits per heavy atom. The molecule has 5 nitrogen and oxygen atoms in total. The maximum Gasteiger partial charge on any atom is 0.319 e. The molecule has 2 N–H and O–H groups in total. The fraction of sp³-hybridized carbons (Fsp3) is 0.188. The average Bonchev–Trinajstić information content (AvgIpc) is 2.95. The second-order valence-electron chi connectivity index (χ2n) is 4.80. The maximum atomic E-state index is 12.0. The summed E-state index contributed by atoms with van der Waals surface area (Å²) in [5.74, 6) is 1.34. The summed E-state index contributed by atoms with van der Waals surface area (Å²) >= 11 is 0. The summed E-state index contributed by atoms with van der Waals surface area (Å²) in [6, 6.07) is 14.8. The Morgan fingerprint density at radius 3 is 2.67 bits per heavy atom. The highest BCUT2D eigenvalue weighted by Gasteiger charge is 2.15. The van der Waals surface area contributed by atoms with Gasteiger partial charge in [-0.1, -0.05) is 30.3 Å². The lowest BCUT2D eigenvalue weighted by Gasteiger charge is -2.15. The minimum absolute atomic E-state index is 0.0692. The summed E-state index contributed by atoms with van der Waals surface area (Å²) < 4.78 is 10.5. The highest BCUT2D eigenvalue weighted by atomic mass is 16.7. The molecule has 0 saturated heterocycles. The zero-order valence-electron chi connectivity index (χ0n) is 11.6. The number of ether oxygens (including phenoxy) is 2. The number of benzene rings is 2. The van der Waals surface area contributed by atoms with E-state index in [0.29, 0.717) is 17.2 Å². The standard InChI is InChI=1S/C16H16N2O3/c1-11(12-5-3-2-4-6-12)17-16(19)18-13-7-8-14-15(9-13)21-10-20-14/h2-9,11H,10H2,1H3,(H2,17,18,19)/t11-/m0/s1. The van der Waals surface area contributed by atoms with E-state index in [2.05, 4.69) is 10.6 Å². The Morgan fingerprint density at radius 1 is 1.10 bits per heavy atom. The van der Waals surface area contributed by atoms with E-state index in [1.807, 2.05) is 37.3 Å². The molecule has 2 amide bonds. The number of amides is 2. The molecule has 2 aromatic carbocycles. The molecule has 2 aromatic rings. The van der Waals surface area contributed by atoms with Crippen LogP contribution in [0.25, 0.3) is 0 Å². The summed E-state index contributed by atoms with van der Waals surface area (Å²) in [4.78, 5) is 12.0. The van der Waals surface area contributed by atoms with Gasteiger partial charge < -0.3 is 20.1 Å². The highest BCUT2D eigenvalue weighted by molar-refractivity contribution is 5.90. The molecule has 1 atom stereocenters. The van der Waals surface area contributed by atoms with Crippen molar-refractivity contribution in [1.82, 2.24) is 5.32 Å². The molecule has 0 aliphatic carbocycles. The van der Waals surface area contributed by atoms with Gasteiger partial charge in [-0.15, -0.1) is 0 Å². The van der Waals surface area contributed by atoms with E-state index in [1.54, 1.807) is 18.2 Å².